The maximum atomic E-state index is 14.7. The maximum Gasteiger partial charge on any atom is 0.226 e. The lowest BCUT2D eigenvalue weighted by Gasteiger charge is -2.32. The zero-order valence-corrected chi connectivity index (χ0v) is 38.2. The number of ether oxygens (including phenoxy) is 2. The highest BCUT2D eigenvalue weighted by molar-refractivity contribution is 6.01. The van der Waals surface area contributed by atoms with Crippen molar-refractivity contribution in [3.05, 3.63) is 107 Å². The third kappa shape index (κ3) is 13.0. The van der Waals surface area contributed by atoms with Gasteiger partial charge in [-0.05, 0) is 89.8 Å². The van der Waals surface area contributed by atoms with Crippen molar-refractivity contribution in [3.8, 4) is 39.8 Å². The van der Waals surface area contributed by atoms with E-state index in [2.05, 4.69) is 43.4 Å². The number of hydrogen-bond donors (Lipinski definition) is 4. The largest absolute Gasteiger partial charge is 0.492 e. The Labute approximate surface area is 382 Å². The number of aryl methyl sites for hydroxylation is 1. The maximum absolute atomic E-state index is 14.7. The van der Waals surface area contributed by atoms with Crippen molar-refractivity contribution < 1.29 is 38.6 Å². The van der Waals surface area contributed by atoms with E-state index >= 15 is 0 Å². The average molecular weight is 886 g/mol. The number of rotatable bonds is 19. The highest BCUT2D eigenvalue weighted by Gasteiger charge is 2.36. The van der Waals surface area contributed by atoms with Gasteiger partial charge in [-0.3, -0.25) is 24.0 Å². The predicted molar refractivity (Wildman–Crippen MR) is 250 cm³/mol. The monoisotopic (exact) mass is 885 g/mol. The second-order valence-electron chi connectivity index (χ2n) is 17.3. The Balaban J connectivity index is 1.55. The van der Waals surface area contributed by atoms with Crippen LogP contribution in [0.3, 0.4) is 0 Å². The van der Waals surface area contributed by atoms with Crippen LogP contribution >= 0.6 is 0 Å². The summed E-state index contributed by atoms with van der Waals surface area (Å²) in [6.45, 7) is 8.18. The van der Waals surface area contributed by atoms with Gasteiger partial charge in [0.1, 0.15) is 30.8 Å². The Kier molecular flexibility index (Phi) is 18.1. The van der Waals surface area contributed by atoms with Crippen LogP contribution in [0, 0.1) is 36.0 Å². The Morgan fingerprint density at radius 1 is 0.892 bits per heavy atom. The summed E-state index contributed by atoms with van der Waals surface area (Å²) in [7, 11) is 1.49. The van der Waals surface area contributed by atoms with Gasteiger partial charge < -0.3 is 36.3 Å². The molecule has 0 saturated carbocycles. The molecule has 5 rings (SSSR count). The second kappa shape index (κ2) is 23.6. The molecule has 0 saturated heterocycles. The highest BCUT2D eigenvalue weighted by Crippen LogP contribution is 2.41. The minimum atomic E-state index is -1.25. The first-order chi connectivity index (χ1) is 31.2. The SMILES string of the molecule is Cc1cc(-c2ccc(CC(C)C)cc2)ccc1C(=O)C[C@@H](CCO)C(=O)N(C)[C@@H]1C(=O)C[C@@H](C)C(=O)N[C@H](C(=O)CCC#N)Cc2ccc(OCCN)c(c2)-c2cc1ccc2OCCN. The number of fused-ring (bicyclic) bond motifs is 5. The Morgan fingerprint density at radius 2 is 1.54 bits per heavy atom. The number of likely N-dealkylation sites (N-methyl/N-ethyl adjacent to an activating group) is 1. The molecule has 13 heteroatoms. The second-order valence-corrected chi connectivity index (χ2v) is 17.3. The predicted octanol–water partition coefficient (Wildman–Crippen LogP) is 6.48. The first-order valence-electron chi connectivity index (χ1n) is 22.5. The number of nitrogens with zero attached hydrogens (tertiary/aromatic N) is 2. The van der Waals surface area contributed by atoms with Crippen LogP contribution in [0.4, 0.5) is 0 Å². The van der Waals surface area contributed by atoms with Gasteiger partial charge in [-0.2, -0.15) is 5.26 Å². The highest BCUT2D eigenvalue weighted by atomic mass is 16.5. The lowest BCUT2D eigenvalue weighted by molar-refractivity contribution is -0.142. The third-order valence-corrected chi connectivity index (χ3v) is 11.7. The fraction of sp³-hybridized carbons (Fsp3) is 0.423. The number of hydrogen-bond acceptors (Lipinski definition) is 11. The zero-order valence-electron chi connectivity index (χ0n) is 38.2. The molecule has 2 amide bonds. The van der Waals surface area contributed by atoms with Gasteiger partial charge in [-0.15, -0.1) is 0 Å². The summed E-state index contributed by atoms with van der Waals surface area (Å²) in [5, 5.41) is 22.3. The van der Waals surface area contributed by atoms with Crippen molar-refractivity contribution in [3.63, 3.8) is 0 Å². The summed E-state index contributed by atoms with van der Waals surface area (Å²) < 4.78 is 12.2. The minimum absolute atomic E-state index is 0.0323. The van der Waals surface area contributed by atoms with Gasteiger partial charge in [0.05, 0.1) is 12.1 Å². The smallest absolute Gasteiger partial charge is 0.226 e. The van der Waals surface area contributed by atoms with E-state index in [4.69, 9.17) is 20.9 Å². The molecular weight excluding hydrogens is 823 g/mol. The quantitative estimate of drug-likeness (QED) is 0.0748. The van der Waals surface area contributed by atoms with Gasteiger partial charge in [0.2, 0.25) is 11.8 Å². The molecule has 0 aliphatic carbocycles. The normalized spacial score (nSPS) is 16.8. The molecule has 13 nitrogen and oxygen atoms in total. The number of Topliss-reactive ketones (excluding diaryl/α,β-unsaturated/α-hetero) is 3. The molecule has 0 unspecified atom stereocenters. The number of nitrogens with two attached hydrogens (primary N) is 2. The van der Waals surface area contributed by atoms with Crippen molar-refractivity contribution in [1.29, 1.82) is 5.26 Å². The first kappa shape index (κ1) is 49.8. The number of carbonyl (C=O) groups is 5. The van der Waals surface area contributed by atoms with Crippen LogP contribution in [0.2, 0.25) is 0 Å². The Morgan fingerprint density at radius 3 is 2.15 bits per heavy atom. The number of ketones is 3. The van der Waals surface area contributed by atoms with Crippen LogP contribution in [0.5, 0.6) is 11.5 Å². The van der Waals surface area contributed by atoms with Crippen LogP contribution in [-0.2, 0) is 32.0 Å². The molecule has 0 spiro atoms. The van der Waals surface area contributed by atoms with Gasteiger partial charge in [0.25, 0.3) is 0 Å². The van der Waals surface area contributed by atoms with E-state index in [0.717, 1.165) is 23.1 Å². The molecule has 4 aromatic rings. The van der Waals surface area contributed by atoms with Gasteiger partial charge in [-0.25, -0.2) is 0 Å². The van der Waals surface area contributed by atoms with Crippen LogP contribution in [-0.4, -0.2) is 85.2 Å². The summed E-state index contributed by atoms with van der Waals surface area (Å²) in [4.78, 5) is 72.0. The molecule has 4 atom stereocenters. The average Bonchev–Trinajstić information content (AvgIpc) is 3.28. The summed E-state index contributed by atoms with van der Waals surface area (Å²) in [6.07, 6.45) is 0.397. The van der Waals surface area contributed by atoms with E-state index in [-0.39, 0.29) is 83.0 Å². The molecule has 4 bridgehead atoms. The van der Waals surface area contributed by atoms with E-state index in [9.17, 15) is 34.3 Å². The number of carbonyl (C=O) groups excluding carboxylic acids is 5. The van der Waals surface area contributed by atoms with Crippen LogP contribution in [0.1, 0.15) is 91.5 Å². The molecule has 1 heterocycles. The fourth-order valence-corrected chi connectivity index (χ4v) is 8.39. The minimum Gasteiger partial charge on any atom is -0.492 e. The Bertz CT molecular complexity index is 2370. The van der Waals surface area contributed by atoms with E-state index in [1.807, 2.05) is 31.2 Å². The van der Waals surface area contributed by atoms with Crippen molar-refractivity contribution in [2.75, 3.05) is 40.0 Å². The number of aliphatic hydroxyl groups is 1. The Hall–Kier alpha value is -6.20. The topological polar surface area (TPSA) is 215 Å². The molecule has 6 N–H and O–H groups in total. The van der Waals surface area contributed by atoms with E-state index in [1.54, 1.807) is 43.3 Å². The summed E-state index contributed by atoms with van der Waals surface area (Å²) in [5.74, 6) is -2.70. The van der Waals surface area contributed by atoms with Crippen LogP contribution in [0.25, 0.3) is 22.3 Å². The van der Waals surface area contributed by atoms with Crippen molar-refractivity contribution in [1.82, 2.24) is 10.2 Å². The number of nitriles is 1. The summed E-state index contributed by atoms with van der Waals surface area (Å²) >= 11 is 0. The van der Waals surface area contributed by atoms with Gasteiger partial charge >= 0.3 is 0 Å². The third-order valence-electron chi connectivity index (χ3n) is 11.7. The zero-order chi connectivity index (χ0) is 47.2. The summed E-state index contributed by atoms with van der Waals surface area (Å²) in [5.41, 5.74) is 18.2. The van der Waals surface area contributed by atoms with E-state index < -0.39 is 41.5 Å². The molecule has 344 valence electrons. The first-order valence-corrected chi connectivity index (χ1v) is 22.5. The fourth-order valence-electron chi connectivity index (χ4n) is 8.39. The van der Waals surface area contributed by atoms with E-state index in [1.165, 1.54) is 17.5 Å². The van der Waals surface area contributed by atoms with Crippen LogP contribution in [0.15, 0.2) is 78.9 Å². The van der Waals surface area contributed by atoms with Gasteiger partial charge in [-0.1, -0.05) is 75.4 Å². The van der Waals surface area contributed by atoms with Gasteiger partial charge in [0.15, 0.2) is 17.3 Å². The number of amides is 2. The molecule has 65 heavy (non-hydrogen) atoms. The summed E-state index contributed by atoms with van der Waals surface area (Å²) in [6, 6.07) is 24.2. The molecule has 1 aliphatic rings. The van der Waals surface area contributed by atoms with E-state index in [0.29, 0.717) is 45.2 Å². The molecule has 4 aromatic carbocycles. The van der Waals surface area contributed by atoms with Crippen molar-refractivity contribution in [2.24, 2.45) is 29.2 Å². The molecule has 1 aliphatic heterocycles. The molecule has 0 fully saturated rings. The molecular formula is C52H63N5O8. The van der Waals surface area contributed by atoms with Crippen molar-refractivity contribution >= 4 is 29.2 Å². The molecule has 0 aromatic heterocycles. The lowest BCUT2D eigenvalue weighted by atomic mass is 9.87. The number of benzene rings is 4. The number of nitrogens with one attached hydrogen (secondary N) is 1. The standard InChI is InChI=1S/C52H63N5O8/c1-32(2)25-35-8-11-37(12-9-35)38-13-15-41(33(3)26-38)46(60)31-40(18-22-58)52(63)57(5)50-39-14-17-49(65-24-21-55)43(30-39)42-28-36(10-16-48(42)64-23-20-54)29-44(45(59)7-6-19-53)56-51(62)34(4)27-47(50)61/h8-17,26,28,30,32,34,40,44,50,58H,6-7,18,20-25,27,29,31,54-55H2,1-5H3,(H,56,62)/t34-,40-,44+,50+/m1/s1. The van der Waals surface area contributed by atoms with Crippen LogP contribution < -0.4 is 26.3 Å². The lowest BCUT2D eigenvalue weighted by Crippen LogP contribution is -2.45. The molecule has 0 radical (unpaired) electrons. The van der Waals surface area contributed by atoms with Crippen molar-refractivity contribution in [2.45, 2.75) is 84.7 Å². The van der Waals surface area contributed by atoms with Gasteiger partial charge in [0, 0.05) is 81.0 Å². The number of aliphatic hydroxyl groups excluding tert-OH is 1.